The van der Waals surface area contributed by atoms with Gasteiger partial charge in [-0.3, -0.25) is 4.79 Å². The van der Waals surface area contributed by atoms with E-state index in [0.717, 1.165) is 5.56 Å². The molecule has 25 heavy (non-hydrogen) atoms. The van der Waals surface area contributed by atoms with Crippen LogP contribution in [0.5, 0.6) is 0 Å². The summed E-state index contributed by atoms with van der Waals surface area (Å²) in [5, 5.41) is 14.1. The fraction of sp³-hybridized carbons (Fsp3) is 0.500. The first-order valence-electron chi connectivity index (χ1n) is 8.10. The van der Waals surface area contributed by atoms with Gasteiger partial charge in [0, 0.05) is 12.8 Å². The summed E-state index contributed by atoms with van der Waals surface area (Å²) in [4.78, 5) is 35.0. The van der Waals surface area contributed by atoms with Gasteiger partial charge in [-0.2, -0.15) is 0 Å². The van der Waals surface area contributed by atoms with Crippen LogP contribution in [0.4, 0.5) is 4.79 Å². The van der Waals surface area contributed by atoms with Crippen LogP contribution in [0, 0.1) is 5.41 Å². The molecule has 1 rings (SSSR count). The number of hydrogen-bond acceptors (Lipinski definition) is 4. The molecule has 0 saturated carbocycles. The number of rotatable bonds is 7. The molecule has 0 aliphatic rings. The van der Waals surface area contributed by atoms with Gasteiger partial charge in [-0.25, -0.2) is 9.59 Å². The Morgan fingerprint density at radius 2 is 1.72 bits per heavy atom. The van der Waals surface area contributed by atoms with E-state index >= 15 is 0 Å². The molecule has 0 aliphatic heterocycles. The molecule has 2 atom stereocenters. The molecule has 7 nitrogen and oxygen atoms in total. The number of carbonyl (C=O) groups is 3. The fourth-order valence-electron chi connectivity index (χ4n) is 2.18. The smallest absolute Gasteiger partial charge is 0.409 e. The van der Waals surface area contributed by atoms with E-state index in [9.17, 15) is 19.5 Å². The highest BCUT2D eigenvalue weighted by Gasteiger charge is 2.23. The van der Waals surface area contributed by atoms with Gasteiger partial charge in [-0.1, -0.05) is 51.1 Å². The topological polar surface area (TPSA) is 105 Å². The van der Waals surface area contributed by atoms with E-state index in [4.69, 9.17) is 4.74 Å². The molecule has 7 heteroatoms. The van der Waals surface area contributed by atoms with Gasteiger partial charge in [0.05, 0.1) is 0 Å². The summed E-state index contributed by atoms with van der Waals surface area (Å²) in [5.74, 6) is -1.41. The fourth-order valence-corrected chi connectivity index (χ4v) is 2.18. The number of benzene rings is 1. The van der Waals surface area contributed by atoms with Gasteiger partial charge in [0.15, 0.2) is 6.23 Å². The van der Waals surface area contributed by atoms with Gasteiger partial charge in [0.25, 0.3) is 0 Å². The Labute approximate surface area is 147 Å². The zero-order valence-corrected chi connectivity index (χ0v) is 15.0. The number of carboxylic acids is 1. The van der Waals surface area contributed by atoms with Crippen LogP contribution in [0.2, 0.25) is 0 Å². The predicted molar refractivity (Wildman–Crippen MR) is 92.9 cm³/mol. The maximum atomic E-state index is 11.9. The molecule has 0 fully saturated rings. The van der Waals surface area contributed by atoms with Crippen LogP contribution in [0.3, 0.4) is 0 Å². The maximum absolute atomic E-state index is 11.9. The van der Waals surface area contributed by atoms with Crippen molar-refractivity contribution in [1.82, 2.24) is 10.6 Å². The summed E-state index contributed by atoms with van der Waals surface area (Å²) < 4.78 is 5.01. The molecule has 1 unspecified atom stereocenters. The van der Waals surface area contributed by atoms with Gasteiger partial charge < -0.3 is 20.5 Å². The first kappa shape index (κ1) is 20.5. The van der Waals surface area contributed by atoms with Gasteiger partial charge in [0.2, 0.25) is 5.91 Å². The Kier molecular flexibility index (Phi) is 7.42. The van der Waals surface area contributed by atoms with Crippen LogP contribution in [0.25, 0.3) is 0 Å². The lowest BCUT2D eigenvalue weighted by Gasteiger charge is -2.21. The molecule has 0 aromatic heterocycles. The lowest BCUT2D eigenvalue weighted by Crippen LogP contribution is -2.46. The Balaban J connectivity index is 2.52. The van der Waals surface area contributed by atoms with E-state index in [1.54, 1.807) is 24.3 Å². The van der Waals surface area contributed by atoms with Crippen molar-refractivity contribution in [2.75, 3.05) is 0 Å². The second-order valence-corrected chi connectivity index (χ2v) is 7.08. The summed E-state index contributed by atoms with van der Waals surface area (Å²) in [6.45, 7) is 7.27. The molecular formula is C18H26N2O5. The summed E-state index contributed by atoms with van der Waals surface area (Å²) >= 11 is 0. The second kappa shape index (κ2) is 9.05. The van der Waals surface area contributed by atoms with E-state index in [1.165, 1.54) is 6.92 Å². The molecule has 0 aliphatic carbocycles. The van der Waals surface area contributed by atoms with Crippen molar-refractivity contribution in [3.63, 3.8) is 0 Å². The van der Waals surface area contributed by atoms with Crippen molar-refractivity contribution >= 4 is 18.0 Å². The summed E-state index contributed by atoms with van der Waals surface area (Å²) in [6.07, 6.45) is -1.34. The van der Waals surface area contributed by atoms with Gasteiger partial charge in [-0.15, -0.1) is 0 Å². The van der Waals surface area contributed by atoms with Crippen LogP contribution in [0.15, 0.2) is 30.3 Å². The quantitative estimate of drug-likeness (QED) is 0.655. The molecule has 1 aromatic rings. The number of carbonyl (C=O) groups excluding carboxylic acids is 2. The molecular weight excluding hydrogens is 324 g/mol. The molecule has 1 aromatic carbocycles. The minimum atomic E-state index is -1.16. The Bertz CT molecular complexity index is 595. The first-order valence-corrected chi connectivity index (χ1v) is 8.10. The van der Waals surface area contributed by atoms with Crippen LogP contribution in [0.1, 0.15) is 39.7 Å². The Morgan fingerprint density at radius 3 is 2.24 bits per heavy atom. The van der Waals surface area contributed by atoms with Gasteiger partial charge in [-0.05, 0) is 17.9 Å². The number of alkyl carbamates (subject to hydrolysis) is 1. The number of carboxylic acid groups (broad SMARTS) is 1. The van der Waals surface area contributed by atoms with Gasteiger partial charge in [0.1, 0.15) is 6.04 Å². The highest BCUT2D eigenvalue weighted by molar-refractivity contribution is 5.80. The van der Waals surface area contributed by atoms with Crippen LogP contribution in [-0.4, -0.2) is 35.3 Å². The number of ether oxygens (including phenoxy) is 1. The minimum Gasteiger partial charge on any atom is -0.480 e. The SMILES string of the molecule is CC(NC(=O)CC(C)(C)C)OC(=O)N[C@@H](Cc1ccccc1)C(=O)O. The maximum Gasteiger partial charge on any atom is 0.409 e. The summed E-state index contributed by atoms with van der Waals surface area (Å²) in [7, 11) is 0. The van der Waals surface area contributed by atoms with Crippen molar-refractivity contribution in [3.05, 3.63) is 35.9 Å². The number of amides is 2. The normalized spacial score (nSPS) is 13.4. The highest BCUT2D eigenvalue weighted by Crippen LogP contribution is 2.17. The largest absolute Gasteiger partial charge is 0.480 e. The van der Waals surface area contributed by atoms with E-state index in [2.05, 4.69) is 10.6 Å². The lowest BCUT2D eigenvalue weighted by atomic mass is 9.92. The highest BCUT2D eigenvalue weighted by atomic mass is 16.6. The molecule has 0 spiro atoms. The third-order valence-corrected chi connectivity index (χ3v) is 3.21. The number of nitrogens with one attached hydrogen (secondary N) is 2. The zero-order chi connectivity index (χ0) is 19.0. The van der Waals surface area contributed by atoms with E-state index in [0.29, 0.717) is 0 Å². The van der Waals surface area contributed by atoms with Crippen LogP contribution >= 0.6 is 0 Å². The molecule has 0 bridgehead atoms. The van der Waals surface area contributed by atoms with Crippen molar-refractivity contribution in [1.29, 1.82) is 0 Å². The molecule has 0 radical (unpaired) electrons. The van der Waals surface area contributed by atoms with Crippen LogP contribution in [-0.2, 0) is 20.7 Å². The lowest BCUT2D eigenvalue weighted by molar-refractivity contribution is -0.139. The van der Waals surface area contributed by atoms with Crippen molar-refractivity contribution < 1.29 is 24.2 Å². The van der Waals surface area contributed by atoms with Crippen LogP contribution < -0.4 is 10.6 Å². The minimum absolute atomic E-state index is 0.135. The standard InChI is InChI=1S/C18H26N2O5/c1-12(19-15(21)11-18(2,3)4)25-17(24)20-14(16(22)23)10-13-8-6-5-7-9-13/h5-9,12,14H,10-11H2,1-4H3,(H,19,21)(H,20,24)(H,22,23)/t12?,14-/m0/s1. The Morgan fingerprint density at radius 1 is 1.12 bits per heavy atom. The molecule has 0 heterocycles. The molecule has 0 saturated heterocycles. The molecule has 2 amide bonds. The van der Waals surface area contributed by atoms with Crippen molar-refractivity contribution in [2.45, 2.75) is 52.8 Å². The van der Waals surface area contributed by atoms with E-state index in [-0.39, 0.29) is 24.2 Å². The first-order chi connectivity index (χ1) is 11.6. The molecule has 3 N–H and O–H groups in total. The summed E-state index contributed by atoms with van der Waals surface area (Å²) in [6, 6.07) is 7.84. The zero-order valence-electron chi connectivity index (χ0n) is 15.0. The third kappa shape index (κ3) is 8.74. The average Bonchev–Trinajstić information content (AvgIpc) is 2.44. The van der Waals surface area contributed by atoms with Crippen molar-refractivity contribution in [3.8, 4) is 0 Å². The van der Waals surface area contributed by atoms with E-state index in [1.807, 2.05) is 26.8 Å². The van der Waals surface area contributed by atoms with Gasteiger partial charge >= 0.3 is 12.1 Å². The van der Waals surface area contributed by atoms with E-state index < -0.39 is 24.3 Å². The Hall–Kier alpha value is -2.57. The molecule has 138 valence electrons. The number of hydrogen-bond donors (Lipinski definition) is 3. The third-order valence-electron chi connectivity index (χ3n) is 3.21. The summed E-state index contributed by atoms with van der Waals surface area (Å²) in [5.41, 5.74) is 0.595. The number of aliphatic carboxylic acids is 1. The second-order valence-electron chi connectivity index (χ2n) is 7.08. The van der Waals surface area contributed by atoms with Crippen molar-refractivity contribution in [2.24, 2.45) is 5.41 Å². The average molecular weight is 350 g/mol. The monoisotopic (exact) mass is 350 g/mol. The predicted octanol–water partition coefficient (Wildman–Crippen LogP) is 2.31.